The maximum atomic E-state index is 13.7. The molecule has 0 fully saturated rings. The molecule has 0 aliphatic heterocycles. The summed E-state index contributed by atoms with van der Waals surface area (Å²) in [6.07, 6.45) is -4.51. The Morgan fingerprint density at radius 2 is 1.74 bits per heavy atom. The monoisotopic (exact) mass is 325 g/mol. The number of rotatable bonds is 4. The number of carbonyl (C=O) groups is 1. The van der Waals surface area contributed by atoms with Gasteiger partial charge in [0.15, 0.2) is 0 Å². The minimum absolute atomic E-state index is 0.0446. The van der Waals surface area contributed by atoms with Crippen molar-refractivity contribution < 1.29 is 27.1 Å². The molecule has 0 spiro atoms. The number of hydrogen-bond donors (Lipinski definition) is 1. The third kappa shape index (κ3) is 3.88. The first kappa shape index (κ1) is 16.5. The molecule has 0 saturated carbocycles. The van der Waals surface area contributed by atoms with Gasteiger partial charge in [-0.1, -0.05) is 12.6 Å². The summed E-state index contributed by atoms with van der Waals surface area (Å²) in [7, 11) is 0. The van der Waals surface area contributed by atoms with Crippen LogP contribution in [0.4, 0.5) is 17.6 Å². The molecule has 2 aromatic carbocycles. The molecule has 120 valence electrons. The second-order valence-corrected chi connectivity index (χ2v) is 4.61. The smallest absolute Gasteiger partial charge is 0.416 e. The summed E-state index contributed by atoms with van der Waals surface area (Å²) in [5, 5.41) is 0. The van der Waals surface area contributed by atoms with E-state index in [1.165, 1.54) is 18.2 Å². The van der Waals surface area contributed by atoms with Crippen LogP contribution in [-0.4, -0.2) is 5.91 Å². The molecule has 0 unspecified atom stereocenters. The van der Waals surface area contributed by atoms with Crippen LogP contribution in [0, 0.1) is 5.82 Å². The number of hydrogen-bond acceptors (Lipinski definition) is 2. The zero-order chi connectivity index (χ0) is 17.2. The quantitative estimate of drug-likeness (QED) is 0.678. The molecule has 0 heterocycles. The predicted octanol–water partition coefficient (Wildman–Crippen LogP) is 4.14. The number of benzene rings is 2. The van der Waals surface area contributed by atoms with Gasteiger partial charge in [-0.05, 0) is 36.4 Å². The number of nitrogens with two attached hydrogens (primary N) is 1. The molecule has 2 rings (SSSR count). The Hall–Kier alpha value is -2.83. The van der Waals surface area contributed by atoms with Crippen LogP contribution in [0.15, 0.2) is 49.0 Å². The van der Waals surface area contributed by atoms with Gasteiger partial charge < -0.3 is 10.5 Å². The van der Waals surface area contributed by atoms with Crippen LogP contribution in [0.2, 0.25) is 0 Å². The predicted molar refractivity (Wildman–Crippen MR) is 76.1 cm³/mol. The number of ether oxygens (including phenoxy) is 1. The van der Waals surface area contributed by atoms with Gasteiger partial charge in [-0.25, -0.2) is 4.39 Å². The molecule has 3 nitrogen and oxygen atoms in total. The van der Waals surface area contributed by atoms with Gasteiger partial charge in [0.2, 0.25) is 5.91 Å². The number of primary amides is 1. The van der Waals surface area contributed by atoms with Crippen molar-refractivity contribution in [3.63, 3.8) is 0 Å². The SMILES string of the molecule is C=C(C(N)=O)c1cc(Oc2cccc(C(F)(F)F)c2)ccc1F. The molecule has 0 saturated heterocycles. The zero-order valence-corrected chi connectivity index (χ0v) is 11.7. The highest BCUT2D eigenvalue weighted by molar-refractivity contribution is 6.18. The highest BCUT2D eigenvalue weighted by atomic mass is 19.4. The van der Waals surface area contributed by atoms with Crippen molar-refractivity contribution >= 4 is 11.5 Å². The lowest BCUT2D eigenvalue weighted by atomic mass is 10.1. The largest absolute Gasteiger partial charge is 0.457 e. The number of carbonyl (C=O) groups excluding carboxylic acids is 1. The summed E-state index contributed by atoms with van der Waals surface area (Å²) in [5.41, 5.74) is 3.71. The highest BCUT2D eigenvalue weighted by Crippen LogP contribution is 2.33. The zero-order valence-electron chi connectivity index (χ0n) is 11.7. The van der Waals surface area contributed by atoms with E-state index in [-0.39, 0.29) is 22.6 Å². The van der Waals surface area contributed by atoms with Crippen LogP contribution in [-0.2, 0) is 11.0 Å². The maximum absolute atomic E-state index is 13.7. The van der Waals surface area contributed by atoms with Crippen molar-refractivity contribution in [3.8, 4) is 11.5 Å². The Labute approximate surface area is 129 Å². The van der Waals surface area contributed by atoms with E-state index in [4.69, 9.17) is 10.5 Å². The normalized spacial score (nSPS) is 11.1. The first-order valence-corrected chi connectivity index (χ1v) is 6.32. The fourth-order valence-electron chi connectivity index (χ4n) is 1.80. The lowest BCUT2D eigenvalue weighted by Gasteiger charge is -2.11. The molecule has 0 atom stereocenters. The highest BCUT2D eigenvalue weighted by Gasteiger charge is 2.30. The minimum Gasteiger partial charge on any atom is -0.457 e. The standard InChI is InChI=1S/C16H11F4NO2/c1-9(15(21)22)13-8-12(5-6-14(13)17)23-11-4-2-3-10(7-11)16(18,19)20/h2-8H,1H2,(H2,21,22). The van der Waals surface area contributed by atoms with E-state index in [9.17, 15) is 22.4 Å². The molecule has 0 radical (unpaired) electrons. The van der Waals surface area contributed by atoms with E-state index in [0.29, 0.717) is 0 Å². The van der Waals surface area contributed by atoms with Crippen molar-refractivity contribution in [1.29, 1.82) is 0 Å². The summed E-state index contributed by atoms with van der Waals surface area (Å²) in [6.45, 7) is 3.36. The summed E-state index contributed by atoms with van der Waals surface area (Å²) < 4.78 is 56.9. The van der Waals surface area contributed by atoms with Crippen LogP contribution in [0.1, 0.15) is 11.1 Å². The van der Waals surface area contributed by atoms with E-state index in [1.807, 2.05) is 0 Å². The van der Waals surface area contributed by atoms with Crippen molar-refractivity contribution in [2.75, 3.05) is 0 Å². The van der Waals surface area contributed by atoms with E-state index in [2.05, 4.69) is 6.58 Å². The third-order valence-electron chi connectivity index (χ3n) is 2.96. The Morgan fingerprint density at radius 3 is 2.35 bits per heavy atom. The lowest BCUT2D eigenvalue weighted by Crippen LogP contribution is -2.13. The first-order chi connectivity index (χ1) is 10.7. The molecule has 0 bridgehead atoms. The van der Waals surface area contributed by atoms with Gasteiger partial charge in [0.1, 0.15) is 17.3 Å². The fourth-order valence-corrected chi connectivity index (χ4v) is 1.80. The Morgan fingerprint density at radius 1 is 1.09 bits per heavy atom. The molecule has 0 aliphatic carbocycles. The molecule has 23 heavy (non-hydrogen) atoms. The maximum Gasteiger partial charge on any atom is 0.416 e. The Bertz CT molecular complexity index is 769. The third-order valence-corrected chi connectivity index (χ3v) is 2.96. The average Bonchev–Trinajstić information content (AvgIpc) is 2.48. The first-order valence-electron chi connectivity index (χ1n) is 6.32. The molecule has 0 aromatic heterocycles. The molecule has 2 aromatic rings. The van der Waals surface area contributed by atoms with Crippen LogP contribution >= 0.6 is 0 Å². The summed E-state index contributed by atoms with van der Waals surface area (Å²) >= 11 is 0. The second kappa shape index (κ2) is 6.12. The molecule has 0 aliphatic rings. The van der Waals surface area contributed by atoms with E-state index < -0.39 is 23.5 Å². The van der Waals surface area contributed by atoms with Gasteiger partial charge in [0.05, 0.1) is 5.56 Å². The van der Waals surface area contributed by atoms with E-state index in [1.54, 1.807) is 0 Å². The molecular weight excluding hydrogens is 314 g/mol. The Kier molecular flexibility index (Phi) is 4.40. The van der Waals surface area contributed by atoms with Gasteiger partial charge in [0.25, 0.3) is 0 Å². The van der Waals surface area contributed by atoms with Crippen LogP contribution in [0.25, 0.3) is 5.57 Å². The summed E-state index contributed by atoms with van der Waals surface area (Å²) in [6, 6.07) is 7.58. The molecule has 7 heteroatoms. The van der Waals surface area contributed by atoms with Gasteiger partial charge >= 0.3 is 6.18 Å². The molecular formula is C16H11F4NO2. The fraction of sp³-hybridized carbons (Fsp3) is 0.0625. The van der Waals surface area contributed by atoms with Crippen molar-refractivity contribution in [2.45, 2.75) is 6.18 Å². The molecule has 1 amide bonds. The number of alkyl halides is 3. The topological polar surface area (TPSA) is 52.3 Å². The number of halogens is 4. The van der Waals surface area contributed by atoms with Crippen molar-refractivity contribution in [3.05, 3.63) is 66.0 Å². The van der Waals surface area contributed by atoms with Crippen molar-refractivity contribution in [2.24, 2.45) is 5.73 Å². The summed E-state index contributed by atoms with van der Waals surface area (Å²) in [5.74, 6) is -1.70. The van der Waals surface area contributed by atoms with Crippen LogP contribution < -0.4 is 10.5 Å². The second-order valence-electron chi connectivity index (χ2n) is 4.61. The minimum atomic E-state index is -4.51. The van der Waals surface area contributed by atoms with E-state index in [0.717, 1.165) is 24.3 Å². The Balaban J connectivity index is 2.33. The molecule has 2 N–H and O–H groups in total. The van der Waals surface area contributed by atoms with Gasteiger partial charge in [-0.3, -0.25) is 4.79 Å². The van der Waals surface area contributed by atoms with Gasteiger partial charge in [-0.15, -0.1) is 0 Å². The van der Waals surface area contributed by atoms with Gasteiger partial charge in [-0.2, -0.15) is 13.2 Å². The lowest BCUT2D eigenvalue weighted by molar-refractivity contribution is -0.137. The van der Waals surface area contributed by atoms with Crippen LogP contribution in [0.3, 0.4) is 0 Å². The van der Waals surface area contributed by atoms with Crippen LogP contribution in [0.5, 0.6) is 11.5 Å². The number of amides is 1. The average molecular weight is 325 g/mol. The summed E-state index contributed by atoms with van der Waals surface area (Å²) in [4.78, 5) is 11.1. The van der Waals surface area contributed by atoms with Crippen molar-refractivity contribution in [1.82, 2.24) is 0 Å². The van der Waals surface area contributed by atoms with Gasteiger partial charge in [0, 0.05) is 11.1 Å². The van der Waals surface area contributed by atoms with E-state index >= 15 is 0 Å².